The van der Waals surface area contributed by atoms with Crippen molar-refractivity contribution in [1.82, 2.24) is 9.55 Å². The number of rotatable bonds is 20. The average Bonchev–Trinajstić information content (AvgIpc) is 3.56. The van der Waals surface area contributed by atoms with Gasteiger partial charge in [0.15, 0.2) is 5.69 Å². The monoisotopic (exact) mass is 972 g/mol. The first-order chi connectivity index (χ1) is 31.2. The molecule has 9 nitrogen and oxygen atoms in total. The van der Waals surface area contributed by atoms with Crippen LogP contribution in [0.25, 0.3) is 11.1 Å². The molecule has 4 aliphatic carbocycles. The quantitative estimate of drug-likeness (QED) is 0.0283. The predicted octanol–water partition coefficient (Wildman–Crippen LogP) is 12.1. The fourth-order valence-electron chi connectivity index (χ4n) is 13.1. The van der Waals surface area contributed by atoms with Crippen molar-refractivity contribution in [2.75, 3.05) is 25.6 Å². The van der Waals surface area contributed by atoms with Crippen LogP contribution in [0.5, 0.6) is 0 Å². The lowest BCUT2D eigenvalue weighted by molar-refractivity contribution is -0.248. The van der Waals surface area contributed by atoms with Crippen LogP contribution in [0.15, 0.2) is 85.1 Å². The summed E-state index contributed by atoms with van der Waals surface area (Å²) in [6.45, 7) is 25.6. The summed E-state index contributed by atoms with van der Waals surface area (Å²) >= 11 is 6.30. The third-order valence-electron chi connectivity index (χ3n) is 14.7. The molecule has 366 valence electrons. The molecule has 4 bridgehead atoms. The van der Waals surface area contributed by atoms with Crippen molar-refractivity contribution in [2.45, 2.75) is 163 Å². The van der Waals surface area contributed by atoms with Gasteiger partial charge in [-0.25, -0.2) is 9.78 Å². The molecule has 12 heteroatoms. The van der Waals surface area contributed by atoms with Gasteiger partial charge >= 0.3 is 5.97 Å². The van der Waals surface area contributed by atoms with Crippen LogP contribution in [0, 0.1) is 28.6 Å². The molecule has 4 saturated carbocycles. The molecule has 2 aromatic carbocycles. The first-order valence-corrected chi connectivity index (χ1v) is 28.4. The van der Waals surface area contributed by atoms with E-state index in [1.807, 2.05) is 39.0 Å². The van der Waals surface area contributed by atoms with E-state index < -0.39 is 35.4 Å². The number of nitrogens with zero attached hydrogens (tertiary/aromatic N) is 2. The fourth-order valence-corrected chi connectivity index (χ4v) is 19.0. The Bertz CT molecular complexity index is 2420. The van der Waals surface area contributed by atoms with Crippen LogP contribution < -0.4 is 10.4 Å². The molecule has 2 aromatic heterocycles. The first kappa shape index (κ1) is 51.5. The molecule has 2 unspecified atom stereocenters. The Morgan fingerprint density at radius 2 is 1.37 bits per heavy atom. The van der Waals surface area contributed by atoms with Gasteiger partial charge in [0.25, 0.3) is 18.4 Å². The highest BCUT2D eigenvalue weighted by Gasteiger charge is 2.66. The molecule has 0 amide bonds. The van der Waals surface area contributed by atoms with Crippen LogP contribution in [0.1, 0.15) is 150 Å². The molecule has 0 spiro atoms. The molecule has 4 fully saturated rings. The molecule has 0 N–H and O–H groups in total. The number of pyridine rings is 1. The van der Waals surface area contributed by atoms with E-state index in [1.54, 1.807) is 6.07 Å². The maximum Gasteiger partial charge on any atom is 0.358 e. The molecular weight excluding hydrogens is 896 g/mol. The molecule has 0 aliphatic heterocycles. The van der Waals surface area contributed by atoms with E-state index in [1.165, 1.54) is 16.8 Å². The Morgan fingerprint density at radius 1 is 0.761 bits per heavy atom. The van der Waals surface area contributed by atoms with Crippen molar-refractivity contribution in [1.29, 1.82) is 0 Å². The maximum atomic E-state index is 13.3. The highest BCUT2D eigenvalue weighted by Crippen LogP contribution is 2.72. The molecule has 0 saturated heterocycles. The number of hydrogen-bond donors (Lipinski definition) is 0. The van der Waals surface area contributed by atoms with Gasteiger partial charge in [0, 0.05) is 42.8 Å². The Hall–Kier alpha value is -3.32. The predicted molar refractivity (Wildman–Crippen MR) is 273 cm³/mol. The zero-order valence-electron chi connectivity index (χ0n) is 42.2. The number of carbonyl (C=O) groups excluding carboxylic acids is 1. The SMILES string of the molecule is Cc1c(-c2ccc(Cl)nc2C(=O)OC(C)(C)C)ccn1CC12CC3(C)CC(C)(C1)CC(OCCCCCS(=O)(=O)OCC(C)(C)CCO[Si](c1ccccc1)(c1ccccc1)C(C)(C)C)(C3)C2. The van der Waals surface area contributed by atoms with Crippen LogP contribution in [-0.4, -0.2) is 69.0 Å². The summed E-state index contributed by atoms with van der Waals surface area (Å²) in [5.74, 6) is -0.493. The Kier molecular flexibility index (Phi) is 14.7. The summed E-state index contributed by atoms with van der Waals surface area (Å²) in [5.41, 5.74) is 2.14. The van der Waals surface area contributed by atoms with E-state index in [-0.39, 0.29) is 50.1 Å². The maximum absolute atomic E-state index is 13.3. The van der Waals surface area contributed by atoms with E-state index in [0.29, 0.717) is 26.1 Å². The highest BCUT2D eigenvalue weighted by atomic mass is 35.5. The number of benzene rings is 2. The number of hydrogen-bond acceptors (Lipinski definition) is 8. The van der Waals surface area contributed by atoms with E-state index >= 15 is 0 Å². The normalized spacial score (nSPS) is 24.3. The topological polar surface area (TPSA) is 106 Å². The molecule has 0 radical (unpaired) electrons. The molecule has 67 heavy (non-hydrogen) atoms. The summed E-state index contributed by atoms with van der Waals surface area (Å²) in [4.78, 5) is 17.7. The summed E-state index contributed by atoms with van der Waals surface area (Å²) in [6, 6.07) is 26.9. The molecule has 4 aromatic rings. The molecule has 4 aliphatic rings. The van der Waals surface area contributed by atoms with Gasteiger partial charge in [-0.15, -0.1) is 0 Å². The third-order valence-corrected chi connectivity index (χ3v) is 21.3. The summed E-state index contributed by atoms with van der Waals surface area (Å²) < 4.78 is 54.4. The number of aromatic nitrogens is 2. The standard InChI is InChI=1S/C55H77ClN2O7SSi/c1-41-44(45-25-26-46(56)57-47(45)48(59)65-49(2,3)4)27-29-58(41)39-54-34-52(10)33-53(11,35-54)37-55(36-52,38-54)62-30-19-14-20-32-66(60,61)63-40-51(8,9)28-31-64-67(50(5,6)7,42-21-15-12-16-22-42)43-23-17-13-18-24-43/h12-13,15-18,21-27,29H,14,19-20,28,30-40H2,1-11H3. The van der Waals surface area contributed by atoms with Crippen molar-refractivity contribution in [2.24, 2.45) is 21.7 Å². The smallest absolute Gasteiger partial charge is 0.358 e. The van der Waals surface area contributed by atoms with E-state index in [9.17, 15) is 13.2 Å². The van der Waals surface area contributed by atoms with Crippen molar-refractivity contribution in [3.8, 4) is 11.1 Å². The zero-order valence-corrected chi connectivity index (χ0v) is 44.8. The van der Waals surface area contributed by atoms with Crippen molar-refractivity contribution >= 4 is 46.4 Å². The molecule has 8 rings (SSSR count). The molecule has 2 heterocycles. The lowest BCUT2D eigenvalue weighted by Crippen LogP contribution is -2.66. The van der Waals surface area contributed by atoms with Crippen molar-refractivity contribution in [3.05, 3.63) is 102 Å². The number of esters is 1. The number of ether oxygens (including phenoxy) is 2. The second-order valence-electron chi connectivity index (χ2n) is 24.2. The van der Waals surface area contributed by atoms with Gasteiger partial charge in [-0.2, -0.15) is 8.42 Å². The summed E-state index contributed by atoms with van der Waals surface area (Å²) in [5, 5.41) is 2.57. The van der Waals surface area contributed by atoms with Crippen LogP contribution >= 0.6 is 11.6 Å². The first-order valence-electron chi connectivity index (χ1n) is 24.5. The van der Waals surface area contributed by atoms with Crippen LogP contribution in [0.2, 0.25) is 10.2 Å². The van der Waals surface area contributed by atoms with Gasteiger partial charge in [-0.3, -0.25) is 4.18 Å². The van der Waals surface area contributed by atoms with E-state index in [0.717, 1.165) is 68.3 Å². The van der Waals surface area contributed by atoms with Crippen LogP contribution in [0.4, 0.5) is 0 Å². The van der Waals surface area contributed by atoms with Gasteiger partial charge in [0.1, 0.15) is 10.8 Å². The minimum absolute atomic E-state index is 0.00437. The minimum Gasteiger partial charge on any atom is -0.455 e. The minimum atomic E-state index is -3.70. The largest absolute Gasteiger partial charge is 0.455 e. The van der Waals surface area contributed by atoms with Gasteiger partial charge in [-0.05, 0) is 141 Å². The number of unbranched alkanes of at least 4 members (excludes halogenated alkanes) is 2. The molecule has 2 atom stereocenters. The lowest BCUT2D eigenvalue weighted by atomic mass is 9.39. The summed E-state index contributed by atoms with van der Waals surface area (Å²) in [7, 11) is -6.39. The van der Waals surface area contributed by atoms with Gasteiger partial charge in [0.05, 0.1) is 18.0 Å². The van der Waals surface area contributed by atoms with E-state index in [2.05, 4.69) is 126 Å². The Labute approximate surface area is 408 Å². The fraction of sp³-hybridized carbons (Fsp3) is 0.600. The lowest BCUT2D eigenvalue weighted by Gasteiger charge is -2.69. The van der Waals surface area contributed by atoms with Crippen molar-refractivity contribution < 1.29 is 31.3 Å². The average molecular weight is 974 g/mol. The van der Waals surface area contributed by atoms with Gasteiger partial charge < -0.3 is 18.5 Å². The van der Waals surface area contributed by atoms with Crippen LogP contribution in [-0.2, 0) is 34.7 Å². The highest BCUT2D eigenvalue weighted by molar-refractivity contribution is 7.86. The van der Waals surface area contributed by atoms with Crippen LogP contribution in [0.3, 0.4) is 0 Å². The third kappa shape index (κ3) is 11.8. The Morgan fingerprint density at radius 3 is 1.96 bits per heavy atom. The second-order valence-corrected chi connectivity index (χ2v) is 30.7. The van der Waals surface area contributed by atoms with Gasteiger partial charge in [-0.1, -0.05) is 127 Å². The van der Waals surface area contributed by atoms with E-state index in [4.69, 9.17) is 29.7 Å². The number of carbonyl (C=O) groups is 1. The van der Waals surface area contributed by atoms with Crippen molar-refractivity contribution in [3.63, 3.8) is 0 Å². The summed E-state index contributed by atoms with van der Waals surface area (Å²) in [6.07, 6.45) is 11.5. The van der Waals surface area contributed by atoms with Gasteiger partial charge in [0.2, 0.25) is 0 Å². The number of halogens is 1. The molecular formula is C55H77ClN2O7SSi. The second kappa shape index (κ2) is 19.1. The zero-order chi connectivity index (χ0) is 48.7. The Balaban J connectivity index is 0.918.